The van der Waals surface area contributed by atoms with Gasteiger partial charge in [-0.1, -0.05) is 0 Å². The molecular formula is C8H13NOS. The average molecular weight is 171 g/mol. The summed E-state index contributed by atoms with van der Waals surface area (Å²) in [5, 5.41) is 10.1. The van der Waals surface area contributed by atoms with Crippen molar-refractivity contribution < 1.29 is 5.11 Å². The number of hydrogen-bond acceptors (Lipinski definition) is 3. The van der Waals surface area contributed by atoms with Crippen LogP contribution in [0.5, 0.6) is 0 Å². The lowest BCUT2D eigenvalue weighted by molar-refractivity contribution is 0.185. The minimum Gasteiger partial charge on any atom is -0.393 e. The van der Waals surface area contributed by atoms with Crippen molar-refractivity contribution in [2.45, 2.75) is 32.8 Å². The van der Waals surface area contributed by atoms with Crippen LogP contribution in [-0.4, -0.2) is 16.2 Å². The summed E-state index contributed by atoms with van der Waals surface area (Å²) >= 11 is 1.71. The predicted molar refractivity (Wildman–Crippen MR) is 46.9 cm³/mol. The molecule has 2 nitrogen and oxygen atoms in total. The van der Waals surface area contributed by atoms with E-state index in [0.29, 0.717) is 0 Å². The number of hydrogen-bond donors (Lipinski definition) is 1. The van der Waals surface area contributed by atoms with Gasteiger partial charge in [0.15, 0.2) is 0 Å². The van der Waals surface area contributed by atoms with E-state index in [2.05, 4.69) is 4.98 Å². The lowest BCUT2D eigenvalue weighted by atomic mass is 10.2. The van der Waals surface area contributed by atoms with Crippen molar-refractivity contribution >= 4 is 11.3 Å². The van der Waals surface area contributed by atoms with Gasteiger partial charge >= 0.3 is 0 Å². The smallest absolute Gasteiger partial charge is 0.0896 e. The number of aromatic nitrogens is 1. The van der Waals surface area contributed by atoms with Crippen molar-refractivity contribution in [3.63, 3.8) is 0 Å². The van der Waals surface area contributed by atoms with E-state index in [1.165, 1.54) is 4.88 Å². The van der Waals surface area contributed by atoms with Gasteiger partial charge < -0.3 is 5.11 Å². The Morgan fingerprint density at radius 2 is 2.45 bits per heavy atom. The number of rotatable bonds is 3. The van der Waals surface area contributed by atoms with Gasteiger partial charge in [0.05, 0.1) is 11.1 Å². The van der Waals surface area contributed by atoms with E-state index in [9.17, 15) is 0 Å². The Hall–Kier alpha value is -0.410. The summed E-state index contributed by atoms with van der Waals surface area (Å²) < 4.78 is 0. The van der Waals surface area contributed by atoms with Gasteiger partial charge in [0.1, 0.15) is 0 Å². The molecule has 0 bridgehead atoms. The second-order valence-corrected chi connectivity index (χ2v) is 4.05. The molecule has 0 aromatic carbocycles. The third-order valence-corrected chi connectivity index (χ3v) is 2.45. The van der Waals surface area contributed by atoms with Gasteiger partial charge in [-0.2, -0.15) is 0 Å². The maximum absolute atomic E-state index is 9.00. The summed E-state index contributed by atoms with van der Waals surface area (Å²) in [6.45, 7) is 3.81. The molecule has 1 atom stereocenters. The monoisotopic (exact) mass is 171 g/mol. The summed E-state index contributed by atoms with van der Waals surface area (Å²) in [5.74, 6) is 0. The van der Waals surface area contributed by atoms with Gasteiger partial charge in [0, 0.05) is 11.1 Å². The fraction of sp³-hybridized carbons (Fsp3) is 0.625. The molecule has 0 amide bonds. The van der Waals surface area contributed by atoms with Gasteiger partial charge in [-0.15, -0.1) is 11.3 Å². The molecule has 0 aliphatic heterocycles. The molecule has 0 aliphatic carbocycles. The first-order valence-corrected chi connectivity index (χ1v) is 4.59. The standard InChI is InChI=1S/C8H13NOS/c1-6(10)3-4-8-5-9-7(2)11-8/h5-6,10H,3-4H2,1-2H3. The summed E-state index contributed by atoms with van der Waals surface area (Å²) in [4.78, 5) is 5.40. The highest BCUT2D eigenvalue weighted by Crippen LogP contribution is 2.13. The number of aryl methyl sites for hydroxylation is 2. The molecule has 1 heterocycles. The Balaban J connectivity index is 2.39. The zero-order chi connectivity index (χ0) is 8.27. The molecule has 1 aromatic rings. The highest BCUT2D eigenvalue weighted by molar-refractivity contribution is 7.11. The van der Waals surface area contributed by atoms with E-state index in [1.807, 2.05) is 20.0 Å². The first kappa shape index (κ1) is 8.68. The molecule has 0 saturated heterocycles. The molecular weight excluding hydrogens is 158 g/mol. The maximum Gasteiger partial charge on any atom is 0.0896 e. The van der Waals surface area contributed by atoms with E-state index in [1.54, 1.807) is 11.3 Å². The first-order chi connectivity index (χ1) is 5.18. The van der Waals surface area contributed by atoms with E-state index in [-0.39, 0.29) is 6.10 Å². The third kappa shape index (κ3) is 2.99. The number of thiazole rings is 1. The van der Waals surface area contributed by atoms with Crippen LogP contribution in [0.1, 0.15) is 23.2 Å². The topological polar surface area (TPSA) is 33.1 Å². The molecule has 0 radical (unpaired) electrons. The molecule has 62 valence electrons. The lowest BCUT2D eigenvalue weighted by Gasteiger charge is -1.99. The zero-order valence-electron chi connectivity index (χ0n) is 6.87. The Kier molecular flexibility index (Phi) is 3.02. The van der Waals surface area contributed by atoms with Crippen LogP contribution < -0.4 is 0 Å². The number of aliphatic hydroxyl groups is 1. The molecule has 11 heavy (non-hydrogen) atoms. The van der Waals surface area contributed by atoms with Crippen LogP contribution in [0.3, 0.4) is 0 Å². The summed E-state index contributed by atoms with van der Waals surface area (Å²) in [6, 6.07) is 0. The van der Waals surface area contributed by atoms with Crippen molar-refractivity contribution in [1.29, 1.82) is 0 Å². The predicted octanol–water partition coefficient (Wildman–Crippen LogP) is 1.76. The molecule has 1 aromatic heterocycles. The van der Waals surface area contributed by atoms with E-state index < -0.39 is 0 Å². The summed E-state index contributed by atoms with van der Waals surface area (Å²) in [6.07, 6.45) is 3.48. The molecule has 1 unspecified atom stereocenters. The lowest BCUT2D eigenvalue weighted by Crippen LogP contribution is -2.00. The van der Waals surface area contributed by atoms with Crippen molar-refractivity contribution in [2.24, 2.45) is 0 Å². The zero-order valence-corrected chi connectivity index (χ0v) is 7.69. The Morgan fingerprint density at radius 3 is 2.91 bits per heavy atom. The molecule has 0 saturated carbocycles. The van der Waals surface area contributed by atoms with Gasteiger partial charge in [-0.05, 0) is 26.7 Å². The van der Waals surface area contributed by atoms with E-state index >= 15 is 0 Å². The van der Waals surface area contributed by atoms with Gasteiger partial charge in [0.2, 0.25) is 0 Å². The second kappa shape index (κ2) is 3.83. The van der Waals surface area contributed by atoms with Gasteiger partial charge in [0.25, 0.3) is 0 Å². The largest absolute Gasteiger partial charge is 0.393 e. The van der Waals surface area contributed by atoms with Crippen LogP contribution in [0.2, 0.25) is 0 Å². The fourth-order valence-electron chi connectivity index (χ4n) is 0.872. The minimum atomic E-state index is -0.197. The van der Waals surface area contributed by atoms with Gasteiger partial charge in [-0.3, -0.25) is 0 Å². The molecule has 0 spiro atoms. The van der Waals surface area contributed by atoms with Crippen LogP contribution in [0.4, 0.5) is 0 Å². The van der Waals surface area contributed by atoms with Gasteiger partial charge in [-0.25, -0.2) is 4.98 Å². The first-order valence-electron chi connectivity index (χ1n) is 3.78. The summed E-state index contributed by atoms with van der Waals surface area (Å²) in [5.41, 5.74) is 0. The normalized spacial score (nSPS) is 13.4. The quantitative estimate of drug-likeness (QED) is 0.751. The van der Waals surface area contributed by atoms with Crippen molar-refractivity contribution in [3.8, 4) is 0 Å². The highest BCUT2D eigenvalue weighted by Gasteiger charge is 2.00. The van der Waals surface area contributed by atoms with E-state index in [0.717, 1.165) is 17.8 Å². The molecule has 1 rings (SSSR count). The van der Waals surface area contributed by atoms with Crippen LogP contribution >= 0.6 is 11.3 Å². The molecule has 0 fully saturated rings. The highest BCUT2D eigenvalue weighted by atomic mass is 32.1. The average Bonchev–Trinajstić information content (AvgIpc) is 2.31. The van der Waals surface area contributed by atoms with Crippen molar-refractivity contribution in [1.82, 2.24) is 4.98 Å². The van der Waals surface area contributed by atoms with Crippen molar-refractivity contribution in [3.05, 3.63) is 16.1 Å². The Labute approximate surface area is 70.9 Å². The number of aliphatic hydroxyl groups excluding tert-OH is 1. The second-order valence-electron chi connectivity index (χ2n) is 2.73. The SMILES string of the molecule is Cc1ncc(CCC(C)O)s1. The molecule has 0 aliphatic rings. The van der Waals surface area contributed by atoms with Crippen LogP contribution in [0, 0.1) is 6.92 Å². The van der Waals surface area contributed by atoms with Crippen LogP contribution in [0.25, 0.3) is 0 Å². The minimum absolute atomic E-state index is 0.197. The maximum atomic E-state index is 9.00. The van der Waals surface area contributed by atoms with E-state index in [4.69, 9.17) is 5.11 Å². The van der Waals surface area contributed by atoms with Crippen LogP contribution in [0.15, 0.2) is 6.20 Å². The van der Waals surface area contributed by atoms with Crippen molar-refractivity contribution in [2.75, 3.05) is 0 Å². The Morgan fingerprint density at radius 1 is 1.73 bits per heavy atom. The summed E-state index contributed by atoms with van der Waals surface area (Å²) in [7, 11) is 0. The van der Waals surface area contributed by atoms with Crippen LogP contribution in [-0.2, 0) is 6.42 Å². The molecule has 3 heteroatoms. The molecule has 1 N–H and O–H groups in total. The Bertz CT molecular complexity index is 220. The third-order valence-electron chi connectivity index (χ3n) is 1.48. The fourth-order valence-corrected chi connectivity index (χ4v) is 1.68. The number of nitrogens with zero attached hydrogens (tertiary/aromatic N) is 1.